The minimum absolute atomic E-state index is 0.0752. The van der Waals surface area contributed by atoms with Crippen LogP contribution in [0.15, 0.2) is 60.8 Å². The first kappa shape index (κ1) is 33.4. The van der Waals surface area contributed by atoms with E-state index in [2.05, 4.69) is 20.5 Å². The number of ether oxygens (including phenoxy) is 4. The van der Waals surface area contributed by atoms with Gasteiger partial charge in [0.05, 0.1) is 39.6 Å². The molecule has 6 rings (SSSR count). The third kappa shape index (κ3) is 7.97. The average Bonchev–Trinajstić information content (AvgIpc) is 3.05. The largest absolute Gasteiger partial charge is 0.489 e. The van der Waals surface area contributed by atoms with Gasteiger partial charge >= 0.3 is 12.2 Å². The van der Waals surface area contributed by atoms with Gasteiger partial charge in [0.1, 0.15) is 24.7 Å². The number of aromatic nitrogens is 1. The number of fused-ring (bicyclic) bond motifs is 3. The van der Waals surface area contributed by atoms with E-state index in [1.807, 2.05) is 0 Å². The van der Waals surface area contributed by atoms with Crippen molar-refractivity contribution in [3.05, 3.63) is 71.4 Å². The molecule has 2 aliphatic heterocycles. The highest BCUT2D eigenvalue weighted by atomic mass is 35.5. The third-order valence-corrected chi connectivity index (χ3v) is 9.56. The van der Waals surface area contributed by atoms with Gasteiger partial charge in [-0.25, -0.2) is 13.2 Å². The molecule has 4 aromatic rings. The van der Waals surface area contributed by atoms with E-state index in [9.17, 15) is 26.4 Å². The van der Waals surface area contributed by atoms with Crippen LogP contribution in [0.2, 0.25) is 5.02 Å². The van der Waals surface area contributed by atoms with Crippen molar-refractivity contribution in [2.24, 2.45) is 0 Å². The molecule has 0 spiro atoms. The Bertz CT molecular complexity index is 1910. The molecule has 3 heterocycles. The monoisotopic (exact) mass is 706 g/mol. The molecule has 0 unspecified atom stereocenters. The van der Waals surface area contributed by atoms with Crippen molar-refractivity contribution in [3.8, 4) is 28.7 Å². The molecular weight excluding hydrogens is 677 g/mol. The molecule has 3 aromatic carbocycles. The minimum atomic E-state index is -4.67. The van der Waals surface area contributed by atoms with Gasteiger partial charge in [0.25, 0.3) is 0 Å². The summed E-state index contributed by atoms with van der Waals surface area (Å²) in [6.07, 6.45) is -2.39. The van der Waals surface area contributed by atoms with Gasteiger partial charge < -0.3 is 34.5 Å². The van der Waals surface area contributed by atoms with Crippen molar-refractivity contribution in [2.75, 3.05) is 61.6 Å². The summed E-state index contributed by atoms with van der Waals surface area (Å²) in [6.45, 7) is 2.78. The maximum atomic E-state index is 13.2. The molecule has 1 aromatic heterocycles. The van der Waals surface area contributed by atoms with Crippen molar-refractivity contribution in [2.45, 2.75) is 12.6 Å². The number of rotatable bonds is 9. The average molecular weight is 707 g/mol. The standard InChI is InChI=1S/C32H30ClF3N4O7S/c33-24-7-4-21(18-23(24)32(34,35)36)39-31(41)38-20-2-5-22(6-3-20)47-26-8-9-37-25-19-27(29-30(28(25)26)46-15-14-45-29)44-13-1-10-40-11-16-48(42,43)17-12-40/h2-9,18-19H,1,10-17H2,(H2,38,39,41). The zero-order valence-corrected chi connectivity index (χ0v) is 26.9. The fraction of sp³-hybridized carbons (Fsp3) is 0.312. The fourth-order valence-corrected chi connectivity index (χ4v) is 6.76. The molecule has 2 N–H and O–H groups in total. The number of anilines is 2. The van der Waals surface area contributed by atoms with Crippen molar-refractivity contribution in [1.82, 2.24) is 9.88 Å². The SMILES string of the molecule is O=C(Nc1ccc(Oc2ccnc3cc(OCCCN4CCS(=O)(=O)CC4)c4c(c23)OCCO4)cc1)Nc1ccc(Cl)c(C(F)(F)F)c1. The maximum absolute atomic E-state index is 13.2. The number of carbonyl (C=O) groups is 1. The van der Waals surface area contributed by atoms with Crippen LogP contribution in [0.5, 0.6) is 28.7 Å². The summed E-state index contributed by atoms with van der Waals surface area (Å²) in [4.78, 5) is 19.1. The molecule has 11 nitrogen and oxygen atoms in total. The number of halogens is 4. The van der Waals surface area contributed by atoms with Crippen LogP contribution < -0.4 is 29.6 Å². The lowest BCUT2D eigenvalue weighted by molar-refractivity contribution is -0.137. The van der Waals surface area contributed by atoms with Crippen LogP contribution in [-0.2, 0) is 16.0 Å². The number of hydrogen-bond acceptors (Lipinski definition) is 9. The third-order valence-electron chi connectivity index (χ3n) is 7.63. The van der Waals surface area contributed by atoms with E-state index >= 15 is 0 Å². The quantitative estimate of drug-likeness (QED) is 0.185. The topological polar surface area (TPSA) is 128 Å². The number of urea groups is 1. The second-order valence-corrected chi connectivity index (χ2v) is 13.7. The molecule has 2 amide bonds. The number of benzene rings is 3. The summed E-state index contributed by atoms with van der Waals surface area (Å²) in [7, 11) is -2.93. The molecule has 2 aliphatic rings. The summed E-state index contributed by atoms with van der Waals surface area (Å²) in [5.74, 6) is 2.56. The minimum Gasteiger partial charge on any atom is -0.489 e. The maximum Gasteiger partial charge on any atom is 0.417 e. The number of amides is 2. The van der Waals surface area contributed by atoms with Gasteiger partial charge in [-0.15, -0.1) is 0 Å². The lowest BCUT2D eigenvalue weighted by atomic mass is 10.1. The zero-order chi connectivity index (χ0) is 33.9. The summed E-state index contributed by atoms with van der Waals surface area (Å²) in [6, 6.07) is 12.2. The highest BCUT2D eigenvalue weighted by Crippen LogP contribution is 2.48. The first-order chi connectivity index (χ1) is 22.9. The Labute approximate surface area is 278 Å². The zero-order valence-electron chi connectivity index (χ0n) is 25.3. The Kier molecular flexibility index (Phi) is 9.71. The van der Waals surface area contributed by atoms with E-state index in [1.165, 1.54) is 6.07 Å². The second kappa shape index (κ2) is 13.9. The molecule has 48 heavy (non-hydrogen) atoms. The molecule has 0 bridgehead atoms. The van der Waals surface area contributed by atoms with Crippen LogP contribution in [0.25, 0.3) is 10.9 Å². The number of alkyl halides is 3. The van der Waals surface area contributed by atoms with E-state index in [4.69, 9.17) is 30.5 Å². The molecule has 1 fully saturated rings. The van der Waals surface area contributed by atoms with Crippen LogP contribution >= 0.6 is 11.6 Å². The Balaban J connectivity index is 1.11. The summed E-state index contributed by atoms with van der Waals surface area (Å²) < 4.78 is 87.1. The summed E-state index contributed by atoms with van der Waals surface area (Å²) in [5.41, 5.74) is -0.210. The molecule has 254 valence electrons. The van der Waals surface area contributed by atoms with Gasteiger partial charge in [0.15, 0.2) is 21.3 Å². The highest BCUT2D eigenvalue weighted by molar-refractivity contribution is 7.91. The number of sulfone groups is 1. The predicted molar refractivity (Wildman–Crippen MR) is 174 cm³/mol. The predicted octanol–water partition coefficient (Wildman–Crippen LogP) is 6.61. The van der Waals surface area contributed by atoms with Crippen molar-refractivity contribution < 1.29 is 45.3 Å². The van der Waals surface area contributed by atoms with E-state index in [0.29, 0.717) is 91.2 Å². The fourth-order valence-electron chi connectivity index (χ4n) is 5.26. The molecule has 1 saturated heterocycles. The molecule has 0 radical (unpaired) electrons. The van der Waals surface area contributed by atoms with Crippen LogP contribution in [-0.4, -0.2) is 75.3 Å². The first-order valence-electron chi connectivity index (χ1n) is 14.9. The lowest BCUT2D eigenvalue weighted by Crippen LogP contribution is -2.40. The smallest absolute Gasteiger partial charge is 0.417 e. The van der Waals surface area contributed by atoms with Crippen molar-refractivity contribution in [1.29, 1.82) is 0 Å². The Morgan fingerprint density at radius 2 is 1.62 bits per heavy atom. The van der Waals surface area contributed by atoms with E-state index in [1.54, 1.807) is 42.6 Å². The molecule has 0 saturated carbocycles. The molecular formula is C32H30ClF3N4O7S. The van der Waals surface area contributed by atoms with Gasteiger partial charge in [-0.1, -0.05) is 11.6 Å². The number of nitrogens with zero attached hydrogens (tertiary/aromatic N) is 2. The Hall–Kier alpha value is -4.47. The normalized spacial score (nSPS) is 15.9. The number of nitrogens with one attached hydrogen (secondary N) is 2. The van der Waals surface area contributed by atoms with Crippen LogP contribution in [0.1, 0.15) is 12.0 Å². The molecule has 0 aliphatic carbocycles. The van der Waals surface area contributed by atoms with Gasteiger partial charge in [-0.2, -0.15) is 13.2 Å². The van der Waals surface area contributed by atoms with Crippen LogP contribution in [0.3, 0.4) is 0 Å². The Morgan fingerprint density at radius 1 is 0.938 bits per heavy atom. The number of pyridine rings is 1. The highest BCUT2D eigenvalue weighted by Gasteiger charge is 2.33. The lowest BCUT2D eigenvalue weighted by Gasteiger charge is -2.26. The molecule has 16 heteroatoms. The van der Waals surface area contributed by atoms with Gasteiger partial charge in [0, 0.05) is 43.3 Å². The van der Waals surface area contributed by atoms with Gasteiger partial charge in [-0.05, 0) is 55.0 Å². The van der Waals surface area contributed by atoms with E-state index in [0.717, 1.165) is 12.1 Å². The molecule has 0 atom stereocenters. The number of hydrogen-bond donors (Lipinski definition) is 2. The van der Waals surface area contributed by atoms with Gasteiger partial charge in [0.2, 0.25) is 5.75 Å². The van der Waals surface area contributed by atoms with Crippen molar-refractivity contribution >= 4 is 49.7 Å². The summed E-state index contributed by atoms with van der Waals surface area (Å²) in [5, 5.41) is 5.04. The second-order valence-electron chi connectivity index (χ2n) is 11.0. The van der Waals surface area contributed by atoms with Crippen LogP contribution in [0.4, 0.5) is 29.3 Å². The van der Waals surface area contributed by atoms with Gasteiger partial charge in [-0.3, -0.25) is 4.98 Å². The van der Waals surface area contributed by atoms with E-state index < -0.39 is 32.6 Å². The van der Waals surface area contributed by atoms with Crippen molar-refractivity contribution in [3.63, 3.8) is 0 Å². The summed E-state index contributed by atoms with van der Waals surface area (Å²) >= 11 is 5.65. The first-order valence-corrected chi connectivity index (χ1v) is 17.1. The van der Waals surface area contributed by atoms with Crippen LogP contribution in [0, 0.1) is 0 Å². The number of carbonyl (C=O) groups excluding carboxylic acids is 1. The van der Waals surface area contributed by atoms with E-state index in [-0.39, 0.29) is 17.2 Å². The Morgan fingerprint density at radius 3 is 2.35 bits per heavy atom.